The van der Waals surface area contributed by atoms with Crippen molar-refractivity contribution in [3.05, 3.63) is 30.1 Å². The van der Waals surface area contributed by atoms with Crippen LogP contribution >= 0.6 is 0 Å². The Balaban J connectivity index is 2.22. The van der Waals surface area contributed by atoms with Crippen molar-refractivity contribution >= 4 is 0 Å². The third-order valence-corrected chi connectivity index (χ3v) is 2.00. The van der Waals surface area contributed by atoms with Crippen LogP contribution in [0.4, 0.5) is 0 Å². The number of aromatic nitrogens is 2. The number of hydrogen-bond donors (Lipinski definition) is 1. The summed E-state index contributed by atoms with van der Waals surface area (Å²) in [6.45, 7) is 2.76. The molecule has 0 unspecified atom stereocenters. The molecule has 1 heterocycles. The van der Waals surface area contributed by atoms with Crippen molar-refractivity contribution in [2.75, 3.05) is 13.2 Å². The van der Waals surface area contributed by atoms with Crippen LogP contribution in [0.25, 0.3) is 11.5 Å². The smallest absolute Gasteiger partial charge is 0.258 e. The van der Waals surface area contributed by atoms with Crippen molar-refractivity contribution in [3.63, 3.8) is 0 Å². The van der Waals surface area contributed by atoms with Crippen LogP contribution in [0.5, 0.6) is 5.75 Å². The molecular formula is C11H13N3O2. The van der Waals surface area contributed by atoms with Gasteiger partial charge in [-0.2, -0.15) is 4.98 Å². The van der Waals surface area contributed by atoms with Gasteiger partial charge in [0, 0.05) is 12.1 Å². The van der Waals surface area contributed by atoms with E-state index in [1.807, 2.05) is 24.3 Å². The van der Waals surface area contributed by atoms with E-state index in [9.17, 15) is 0 Å². The second-order valence-corrected chi connectivity index (χ2v) is 3.31. The monoisotopic (exact) mass is 219 g/mol. The minimum atomic E-state index is 0.490. The average molecular weight is 219 g/mol. The summed E-state index contributed by atoms with van der Waals surface area (Å²) in [4.78, 5) is 4.14. The van der Waals surface area contributed by atoms with Crippen LogP contribution in [0.3, 0.4) is 0 Å². The number of ether oxygens (including phenoxy) is 1. The molecule has 1 aromatic carbocycles. The summed E-state index contributed by atoms with van der Waals surface area (Å²) in [5.41, 5.74) is 6.21. The molecule has 0 saturated heterocycles. The number of nitrogens with zero attached hydrogens (tertiary/aromatic N) is 2. The molecule has 16 heavy (non-hydrogen) atoms. The fourth-order valence-electron chi connectivity index (χ4n) is 1.31. The first-order chi connectivity index (χ1) is 7.79. The Morgan fingerprint density at radius 3 is 3.00 bits per heavy atom. The van der Waals surface area contributed by atoms with E-state index >= 15 is 0 Å². The van der Waals surface area contributed by atoms with E-state index in [1.54, 1.807) is 6.92 Å². The lowest BCUT2D eigenvalue weighted by Gasteiger charge is -2.04. The number of nitrogens with two attached hydrogens (primary N) is 1. The first kappa shape index (κ1) is 10.6. The van der Waals surface area contributed by atoms with Gasteiger partial charge in [-0.1, -0.05) is 11.2 Å². The highest BCUT2D eigenvalue weighted by Crippen LogP contribution is 2.22. The second-order valence-electron chi connectivity index (χ2n) is 3.31. The predicted octanol–water partition coefficient (Wildman–Crippen LogP) is 1.38. The third kappa shape index (κ3) is 2.38. The normalized spacial score (nSPS) is 10.4. The molecule has 0 bridgehead atoms. The van der Waals surface area contributed by atoms with Crippen LogP contribution in [-0.2, 0) is 0 Å². The predicted molar refractivity (Wildman–Crippen MR) is 59.0 cm³/mol. The van der Waals surface area contributed by atoms with Gasteiger partial charge < -0.3 is 15.0 Å². The van der Waals surface area contributed by atoms with Gasteiger partial charge in [-0.3, -0.25) is 0 Å². The van der Waals surface area contributed by atoms with Gasteiger partial charge in [0.25, 0.3) is 5.89 Å². The maximum Gasteiger partial charge on any atom is 0.258 e. The lowest BCUT2D eigenvalue weighted by atomic mass is 10.2. The molecule has 0 aliphatic carbocycles. The Morgan fingerprint density at radius 1 is 1.44 bits per heavy atom. The maximum absolute atomic E-state index is 5.41. The summed E-state index contributed by atoms with van der Waals surface area (Å²) in [6.07, 6.45) is 0. The molecular weight excluding hydrogens is 206 g/mol. The van der Waals surface area contributed by atoms with Crippen molar-refractivity contribution in [1.29, 1.82) is 0 Å². The first-order valence-corrected chi connectivity index (χ1v) is 5.03. The molecule has 5 nitrogen and oxygen atoms in total. The van der Waals surface area contributed by atoms with Gasteiger partial charge in [0.05, 0.1) is 0 Å². The number of rotatable bonds is 4. The molecule has 2 aromatic rings. The van der Waals surface area contributed by atoms with E-state index in [4.69, 9.17) is 15.0 Å². The highest BCUT2D eigenvalue weighted by Gasteiger charge is 2.06. The minimum absolute atomic E-state index is 0.490. The first-order valence-electron chi connectivity index (χ1n) is 5.03. The molecule has 0 fully saturated rings. The van der Waals surface area contributed by atoms with E-state index in [1.165, 1.54) is 0 Å². The molecule has 2 rings (SSSR count). The zero-order valence-corrected chi connectivity index (χ0v) is 9.01. The Kier molecular flexibility index (Phi) is 3.16. The van der Waals surface area contributed by atoms with Crippen molar-refractivity contribution in [2.24, 2.45) is 5.73 Å². The van der Waals surface area contributed by atoms with Crippen molar-refractivity contribution < 1.29 is 9.26 Å². The highest BCUT2D eigenvalue weighted by molar-refractivity contribution is 5.55. The van der Waals surface area contributed by atoms with Gasteiger partial charge >= 0.3 is 0 Å². The van der Waals surface area contributed by atoms with Crippen LogP contribution < -0.4 is 10.5 Å². The topological polar surface area (TPSA) is 74.2 Å². The Labute approximate surface area is 93.2 Å². The van der Waals surface area contributed by atoms with Gasteiger partial charge in [0.2, 0.25) is 0 Å². The highest BCUT2D eigenvalue weighted by atomic mass is 16.5. The van der Waals surface area contributed by atoms with Crippen LogP contribution in [0, 0.1) is 6.92 Å². The fourth-order valence-corrected chi connectivity index (χ4v) is 1.31. The van der Waals surface area contributed by atoms with E-state index in [2.05, 4.69) is 10.1 Å². The number of aryl methyl sites for hydroxylation is 1. The largest absolute Gasteiger partial charge is 0.492 e. The van der Waals surface area contributed by atoms with Gasteiger partial charge in [-0.15, -0.1) is 0 Å². The zero-order chi connectivity index (χ0) is 11.4. The third-order valence-electron chi connectivity index (χ3n) is 2.00. The van der Waals surface area contributed by atoms with Crippen molar-refractivity contribution in [2.45, 2.75) is 6.92 Å². The number of benzene rings is 1. The standard InChI is InChI=1S/C11H13N3O2/c1-8-13-11(16-14-8)9-3-2-4-10(7-9)15-6-5-12/h2-4,7H,5-6,12H2,1H3. The van der Waals surface area contributed by atoms with E-state index < -0.39 is 0 Å². The fraction of sp³-hybridized carbons (Fsp3) is 0.273. The molecule has 2 N–H and O–H groups in total. The second kappa shape index (κ2) is 4.76. The van der Waals surface area contributed by atoms with Gasteiger partial charge in [-0.05, 0) is 25.1 Å². The number of hydrogen-bond acceptors (Lipinski definition) is 5. The Hall–Kier alpha value is -1.88. The van der Waals surface area contributed by atoms with Gasteiger partial charge in [0.1, 0.15) is 12.4 Å². The average Bonchev–Trinajstić information content (AvgIpc) is 2.74. The lowest BCUT2D eigenvalue weighted by molar-refractivity contribution is 0.328. The van der Waals surface area contributed by atoms with Crippen LogP contribution in [0.1, 0.15) is 5.82 Å². The van der Waals surface area contributed by atoms with E-state index in [-0.39, 0.29) is 0 Å². The summed E-state index contributed by atoms with van der Waals surface area (Å²) in [5, 5.41) is 3.74. The molecule has 1 aromatic heterocycles. The summed E-state index contributed by atoms with van der Waals surface area (Å²) >= 11 is 0. The SMILES string of the molecule is Cc1noc(-c2cccc(OCCN)c2)n1. The molecule has 0 aliphatic rings. The summed E-state index contributed by atoms with van der Waals surface area (Å²) < 4.78 is 10.5. The molecule has 0 radical (unpaired) electrons. The Bertz CT molecular complexity index is 468. The van der Waals surface area contributed by atoms with Crippen LogP contribution in [0.15, 0.2) is 28.8 Å². The lowest BCUT2D eigenvalue weighted by Crippen LogP contribution is -2.10. The quantitative estimate of drug-likeness (QED) is 0.840. The summed E-state index contributed by atoms with van der Waals surface area (Å²) in [5.74, 6) is 1.86. The molecule has 0 amide bonds. The van der Waals surface area contributed by atoms with Crippen LogP contribution in [-0.4, -0.2) is 23.3 Å². The molecule has 0 saturated carbocycles. The van der Waals surface area contributed by atoms with Gasteiger partial charge in [0.15, 0.2) is 5.82 Å². The molecule has 84 valence electrons. The molecule has 0 spiro atoms. The van der Waals surface area contributed by atoms with E-state index in [0.29, 0.717) is 24.9 Å². The van der Waals surface area contributed by atoms with Gasteiger partial charge in [-0.25, -0.2) is 0 Å². The molecule has 0 aliphatic heterocycles. The van der Waals surface area contributed by atoms with Crippen LogP contribution in [0.2, 0.25) is 0 Å². The zero-order valence-electron chi connectivity index (χ0n) is 9.01. The summed E-state index contributed by atoms with van der Waals surface area (Å²) in [6, 6.07) is 7.48. The van der Waals surface area contributed by atoms with Crippen molar-refractivity contribution in [1.82, 2.24) is 10.1 Å². The maximum atomic E-state index is 5.41. The van der Waals surface area contributed by atoms with E-state index in [0.717, 1.165) is 11.3 Å². The van der Waals surface area contributed by atoms with Crippen molar-refractivity contribution in [3.8, 4) is 17.2 Å². The Morgan fingerprint density at radius 2 is 2.31 bits per heavy atom. The summed E-state index contributed by atoms with van der Waals surface area (Å²) in [7, 11) is 0. The minimum Gasteiger partial charge on any atom is -0.492 e. The molecule has 0 atom stereocenters. The molecule has 5 heteroatoms.